The number of carboxylic acids is 1. The molecule has 2 saturated heterocycles. The second kappa shape index (κ2) is 22.0. The van der Waals surface area contributed by atoms with Crippen LogP contribution in [-0.4, -0.2) is 91.7 Å². The average Bonchev–Trinajstić information content (AvgIpc) is 4.07. The van der Waals surface area contributed by atoms with Crippen LogP contribution in [0.4, 0.5) is 34.2 Å². The van der Waals surface area contributed by atoms with Crippen molar-refractivity contribution in [1.29, 1.82) is 0 Å². The number of anilines is 3. The van der Waals surface area contributed by atoms with Gasteiger partial charge >= 0.3 is 256 Å². The summed E-state index contributed by atoms with van der Waals surface area (Å²) in [5.41, 5.74) is 2.94. The number of nitrogens with one attached hydrogen (secondary N) is 3. The molecule has 3 aliphatic heterocycles. The smallest absolute Gasteiger partial charge is 0.00964 e. The fourth-order valence-corrected chi connectivity index (χ4v) is 14.4. The number of aryl methyl sites for hydroxylation is 1. The number of H-pyrrole nitrogens is 1. The Morgan fingerprint density at radius 3 is 2.47 bits per heavy atom. The van der Waals surface area contributed by atoms with Gasteiger partial charge < -0.3 is 0 Å². The number of piperazine rings is 1. The van der Waals surface area contributed by atoms with E-state index in [2.05, 4.69) is 35.5 Å². The molecule has 7 aromatic rings. The van der Waals surface area contributed by atoms with Crippen LogP contribution in [0.1, 0.15) is 101 Å². The molecule has 4 aromatic carbocycles. The number of aromatic nitrogens is 4. The number of carbonyl (C=O) groups is 4. The third-order valence-electron chi connectivity index (χ3n) is 15.5. The molecule has 1 aliphatic carbocycles. The molecule has 4 aliphatic rings. The molecule has 0 radical (unpaired) electrons. The summed E-state index contributed by atoms with van der Waals surface area (Å²) >= 11 is 0.447. The molecular weight excluding hydrogens is 1130 g/mol. The number of aromatic amines is 1. The number of piperidine rings is 1. The number of aromatic carboxylic acids is 1. The van der Waals surface area contributed by atoms with Crippen LogP contribution in [0.2, 0.25) is 0 Å². The van der Waals surface area contributed by atoms with Crippen LogP contribution in [0.15, 0.2) is 84.9 Å². The molecule has 0 bridgehead atoms. The van der Waals surface area contributed by atoms with E-state index in [4.69, 9.17) is 3.07 Å². The Morgan fingerprint density at radius 1 is 0.909 bits per heavy atom. The maximum absolute atomic E-state index is 15.7. The van der Waals surface area contributed by atoms with Crippen molar-refractivity contribution in [3.63, 3.8) is 0 Å². The summed E-state index contributed by atoms with van der Waals surface area (Å²) in [5.74, 6) is -2.35. The summed E-state index contributed by atoms with van der Waals surface area (Å²) in [4.78, 5) is 64.5. The Kier molecular flexibility index (Phi) is 14.9. The van der Waals surface area contributed by atoms with Crippen molar-refractivity contribution >= 4 is 72.8 Å². The molecule has 3 fully saturated rings. The molecule has 11 rings (SSSR count). The Balaban J connectivity index is 0.664. The SMILES string of the molecule is Cn1nc(C2CCC(=O)NC2=O)c2cc(F)c(N3CCN(CCCC4CCC([I-]Oc5ccc(-c6ccc(N7CCc8cccc(C(=O)Nc9nc%10ccccc%10s9)c8C7)[nH+]c6C(=O)O)c(C(F)(F)F)c5)CC4)CC3)cc21. The first-order chi connectivity index (χ1) is 37.1. The Labute approximate surface area is 455 Å². The van der Waals surface area contributed by atoms with Crippen molar-refractivity contribution < 1.29 is 71.5 Å². The summed E-state index contributed by atoms with van der Waals surface area (Å²) in [7, 11) is 1.78. The maximum atomic E-state index is 15.7. The third kappa shape index (κ3) is 11.2. The number of thiazole rings is 1. The molecule has 402 valence electrons. The molecule has 1 atom stereocenters. The number of rotatable bonds is 14. The van der Waals surface area contributed by atoms with E-state index in [1.807, 2.05) is 47.4 Å². The molecule has 21 heteroatoms. The van der Waals surface area contributed by atoms with Gasteiger partial charge in [0.2, 0.25) is 11.8 Å². The van der Waals surface area contributed by atoms with Gasteiger partial charge in [-0.2, -0.15) is 5.10 Å². The van der Waals surface area contributed by atoms with Crippen molar-refractivity contribution in [2.45, 2.75) is 80.4 Å². The van der Waals surface area contributed by atoms with Crippen LogP contribution in [-0.2, 0) is 35.8 Å². The van der Waals surface area contributed by atoms with Crippen LogP contribution >= 0.6 is 11.3 Å². The van der Waals surface area contributed by atoms with Crippen molar-refractivity contribution in [2.24, 2.45) is 13.0 Å². The second-order valence-electron chi connectivity index (χ2n) is 20.3. The number of imide groups is 1. The molecule has 77 heavy (non-hydrogen) atoms. The zero-order valence-electron chi connectivity index (χ0n) is 42.1. The van der Waals surface area contributed by atoms with E-state index in [0.717, 1.165) is 91.1 Å². The van der Waals surface area contributed by atoms with Gasteiger partial charge in [0.15, 0.2) is 5.13 Å². The van der Waals surface area contributed by atoms with E-state index in [1.165, 1.54) is 35.6 Å². The van der Waals surface area contributed by atoms with Gasteiger partial charge in [-0.15, -0.1) is 0 Å². The van der Waals surface area contributed by atoms with E-state index in [1.54, 1.807) is 23.9 Å². The first kappa shape index (κ1) is 52.3. The Morgan fingerprint density at radius 2 is 1.70 bits per heavy atom. The number of hydrogen-bond donors (Lipinski definition) is 3. The average molecular weight is 1190 g/mol. The number of carbonyl (C=O) groups excluding carboxylic acids is 3. The summed E-state index contributed by atoms with van der Waals surface area (Å²) in [6.45, 7) is 4.63. The molecule has 3 amide bonds. The van der Waals surface area contributed by atoms with Gasteiger partial charge in [0.1, 0.15) is 5.82 Å². The number of carboxylic acid groups (broad SMARTS) is 1. The largest absolute Gasteiger partial charge is 0.0705 e. The molecule has 3 aromatic heterocycles. The molecular formula is C56H56F4IN9O6S. The van der Waals surface area contributed by atoms with E-state index in [0.29, 0.717) is 75.6 Å². The van der Waals surface area contributed by atoms with Gasteiger partial charge in [0.25, 0.3) is 5.91 Å². The minimum atomic E-state index is -4.80. The number of fused-ring (bicyclic) bond motifs is 3. The summed E-state index contributed by atoms with van der Waals surface area (Å²) < 4.78 is 69.3. The summed E-state index contributed by atoms with van der Waals surface area (Å²) in [6.07, 6.45) is 2.40. The number of pyridine rings is 1. The molecule has 1 saturated carbocycles. The maximum Gasteiger partial charge on any atom is 0.0705 e. The van der Waals surface area contributed by atoms with Gasteiger partial charge in [-0.25, -0.2) is 9.37 Å². The number of nitrogens with zero attached hydrogens (tertiary/aromatic N) is 6. The number of amides is 3. The van der Waals surface area contributed by atoms with E-state index in [-0.39, 0.29) is 47.5 Å². The van der Waals surface area contributed by atoms with E-state index in [9.17, 15) is 37.5 Å². The van der Waals surface area contributed by atoms with Gasteiger partial charge in [-0.1, -0.05) is 35.6 Å². The molecule has 4 N–H and O–H groups in total. The van der Waals surface area contributed by atoms with Crippen LogP contribution in [0.3, 0.4) is 0 Å². The normalized spacial score (nSPS) is 19.4. The minimum Gasteiger partial charge on any atom is -0.00964 e. The minimum absolute atomic E-state index is 0.109. The number of benzene rings is 4. The zero-order chi connectivity index (χ0) is 53.5. The van der Waals surface area contributed by atoms with Gasteiger partial charge in [-0.3, -0.25) is 29.7 Å². The van der Waals surface area contributed by atoms with Crippen LogP contribution < -0.4 is 50.1 Å². The van der Waals surface area contributed by atoms with E-state index >= 15 is 4.39 Å². The number of para-hydroxylation sites is 1. The topological polar surface area (TPSA) is 176 Å². The number of alkyl halides is 4. The fraction of sp³-hybridized carbons (Fsp3) is 0.375. The zero-order valence-corrected chi connectivity index (χ0v) is 45.1. The predicted molar refractivity (Wildman–Crippen MR) is 279 cm³/mol. The predicted octanol–water partition coefficient (Wildman–Crippen LogP) is 6.40. The molecule has 1 unspecified atom stereocenters. The fourth-order valence-electron chi connectivity index (χ4n) is 11.4. The Bertz CT molecular complexity index is 3390. The number of halogens is 5. The first-order valence-electron chi connectivity index (χ1n) is 25.9. The Hall–Kier alpha value is -6.72. The summed E-state index contributed by atoms with van der Waals surface area (Å²) in [6, 6.07) is 23.2. The third-order valence-corrected chi connectivity index (χ3v) is 19.1. The molecule has 6 heterocycles. The van der Waals surface area contributed by atoms with Crippen molar-refractivity contribution in [3.8, 4) is 16.9 Å². The molecule has 15 nitrogen and oxygen atoms in total. The van der Waals surface area contributed by atoms with Crippen LogP contribution in [0, 0.1) is 11.7 Å². The quantitative estimate of drug-likeness (QED) is 0.0476. The second-order valence-corrected chi connectivity index (χ2v) is 24.0. The van der Waals surface area contributed by atoms with Crippen molar-refractivity contribution in [3.05, 3.63) is 124 Å². The van der Waals surface area contributed by atoms with Crippen molar-refractivity contribution in [1.82, 2.24) is 25.0 Å². The standard InChI is InChI=1S/C56H55F4IN9O6S/c1-67-45-30-46(43(57)29-40(45)50(66-67)39-18-20-49(71)64-53(39)73)69-26-24-68(25-27-69)22-5-6-32-11-13-34(14-12-32)61-76-35-15-16-36(42(28-35)56(58,59)60)37-17-19-48(63-51(37)54(74)75)70-23-21-33-7-4-8-38(41(33)31-70)52(72)65-55-62-44-9-2-3-10-47(44)77-55/h2-4,7-10,15-17,19,28-30,32,34,39H,5-6,11-14,18,20-27,31H2,1H3,(H,74,75)(H,62,65,72)(H,64,71,73)/q-1/p+1. The monoisotopic (exact) mass is 1190 g/mol. The van der Waals surface area contributed by atoms with Gasteiger partial charge in [0.05, 0.1) is 27.3 Å². The van der Waals surface area contributed by atoms with Gasteiger partial charge in [0, 0.05) is 24.4 Å². The van der Waals surface area contributed by atoms with Gasteiger partial charge in [-0.05, 0) is 42.3 Å². The molecule has 0 spiro atoms. The first-order valence-corrected chi connectivity index (χ1v) is 28.9. The van der Waals surface area contributed by atoms with Crippen LogP contribution in [0.5, 0.6) is 5.75 Å². The number of hydrogen-bond acceptors (Lipinski definition) is 11. The summed E-state index contributed by atoms with van der Waals surface area (Å²) in [5, 5.41) is 21.3. The van der Waals surface area contributed by atoms with Crippen molar-refractivity contribution in [2.75, 3.05) is 54.4 Å². The van der Waals surface area contributed by atoms with Crippen LogP contribution in [0.25, 0.3) is 32.2 Å². The van der Waals surface area contributed by atoms with E-state index < -0.39 is 56.8 Å².